The summed E-state index contributed by atoms with van der Waals surface area (Å²) in [7, 11) is -3.75. The fourth-order valence-electron chi connectivity index (χ4n) is 3.21. The van der Waals surface area contributed by atoms with Gasteiger partial charge in [0, 0.05) is 12.2 Å². The normalized spacial score (nSPS) is 11.7. The molecule has 0 heterocycles. The van der Waals surface area contributed by atoms with E-state index in [0.29, 0.717) is 5.56 Å². The third-order valence-corrected chi connectivity index (χ3v) is 6.64. The lowest BCUT2D eigenvalue weighted by Crippen LogP contribution is -2.38. The molecule has 5 nitrogen and oxygen atoms in total. The molecule has 0 fully saturated rings. The predicted molar refractivity (Wildman–Crippen MR) is 110 cm³/mol. The number of nitrogens with one attached hydrogen (secondary N) is 1. The number of aryl methyl sites for hydroxylation is 5. The van der Waals surface area contributed by atoms with Crippen molar-refractivity contribution in [2.75, 3.05) is 18.4 Å². The number of hydrogen-bond acceptors (Lipinski definition) is 3. The summed E-state index contributed by atoms with van der Waals surface area (Å²) >= 11 is 0. The fourth-order valence-corrected chi connectivity index (χ4v) is 4.92. The van der Waals surface area contributed by atoms with Crippen LogP contribution in [0.25, 0.3) is 0 Å². The highest BCUT2D eigenvalue weighted by molar-refractivity contribution is 7.89. The molecule has 2 aromatic rings. The van der Waals surface area contributed by atoms with E-state index < -0.39 is 10.0 Å². The van der Waals surface area contributed by atoms with Crippen LogP contribution < -0.4 is 5.32 Å². The fraction of sp³-hybridized carbons (Fsp3) is 0.381. The van der Waals surface area contributed by atoms with E-state index in [1.807, 2.05) is 45.9 Å². The zero-order valence-electron chi connectivity index (χ0n) is 16.9. The molecule has 1 N–H and O–H groups in total. The van der Waals surface area contributed by atoms with E-state index in [1.54, 1.807) is 26.0 Å². The molecule has 0 saturated heterocycles. The molecule has 0 radical (unpaired) electrons. The maximum absolute atomic E-state index is 13.0. The van der Waals surface area contributed by atoms with Crippen LogP contribution in [0.3, 0.4) is 0 Å². The van der Waals surface area contributed by atoms with Crippen LogP contribution in [0.4, 0.5) is 5.69 Å². The van der Waals surface area contributed by atoms with Gasteiger partial charge in [0.2, 0.25) is 15.9 Å². The van der Waals surface area contributed by atoms with Gasteiger partial charge >= 0.3 is 0 Å². The summed E-state index contributed by atoms with van der Waals surface area (Å²) in [6.45, 7) is 11.2. The first-order valence-electron chi connectivity index (χ1n) is 9.01. The lowest BCUT2D eigenvalue weighted by atomic mass is 10.1. The lowest BCUT2D eigenvalue weighted by Gasteiger charge is -2.22. The number of hydrogen-bond donors (Lipinski definition) is 1. The molecule has 0 aliphatic rings. The SMILES string of the molecule is CCN(CC(=O)Nc1c(C)cc(C)cc1C)S(=O)(=O)c1cc(C)ccc1C. The quantitative estimate of drug-likeness (QED) is 0.817. The van der Waals surface area contributed by atoms with E-state index in [0.717, 1.165) is 27.9 Å². The number of likely N-dealkylation sites (N-methyl/N-ethyl adjacent to an activating group) is 1. The average molecular weight is 389 g/mol. The number of anilines is 1. The Morgan fingerprint density at radius 1 is 0.926 bits per heavy atom. The zero-order valence-corrected chi connectivity index (χ0v) is 17.7. The summed E-state index contributed by atoms with van der Waals surface area (Å²) in [6.07, 6.45) is 0. The topological polar surface area (TPSA) is 66.5 Å². The third kappa shape index (κ3) is 4.76. The number of benzene rings is 2. The molecule has 2 aromatic carbocycles. The van der Waals surface area contributed by atoms with Crippen LogP contribution in [0.15, 0.2) is 35.2 Å². The monoisotopic (exact) mass is 388 g/mol. The molecule has 146 valence electrons. The van der Waals surface area contributed by atoms with Crippen LogP contribution in [0.5, 0.6) is 0 Å². The molecule has 0 unspecified atom stereocenters. The minimum atomic E-state index is -3.75. The molecule has 0 spiro atoms. The van der Waals surface area contributed by atoms with Gasteiger partial charge in [-0.1, -0.05) is 36.8 Å². The molecule has 2 rings (SSSR count). The molecule has 0 saturated carbocycles. The molecule has 0 bridgehead atoms. The highest BCUT2D eigenvalue weighted by Gasteiger charge is 2.27. The molecular formula is C21H28N2O3S. The predicted octanol–water partition coefficient (Wildman–Crippen LogP) is 3.88. The molecule has 0 aromatic heterocycles. The van der Waals surface area contributed by atoms with Crippen LogP contribution in [0.2, 0.25) is 0 Å². The van der Waals surface area contributed by atoms with Gasteiger partial charge < -0.3 is 5.32 Å². The smallest absolute Gasteiger partial charge is 0.243 e. The van der Waals surface area contributed by atoms with Gasteiger partial charge in [-0.05, 0) is 62.9 Å². The van der Waals surface area contributed by atoms with E-state index in [1.165, 1.54) is 4.31 Å². The number of carbonyl (C=O) groups excluding carboxylic acids is 1. The van der Waals surface area contributed by atoms with Gasteiger partial charge in [0.25, 0.3) is 0 Å². The van der Waals surface area contributed by atoms with Crippen LogP contribution in [0, 0.1) is 34.6 Å². The highest BCUT2D eigenvalue weighted by atomic mass is 32.2. The molecule has 0 aliphatic carbocycles. The second kappa shape index (κ2) is 8.23. The summed E-state index contributed by atoms with van der Waals surface area (Å²) in [5.74, 6) is -0.346. The largest absolute Gasteiger partial charge is 0.324 e. The summed E-state index contributed by atoms with van der Waals surface area (Å²) in [4.78, 5) is 12.8. The Hall–Kier alpha value is -2.18. The van der Waals surface area contributed by atoms with Crippen molar-refractivity contribution in [2.24, 2.45) is 0 Å². The molecule has 0 atom stereocenters. The Bertz CT molecular complexity index is 942. The van der Waals surface area contributed by atoms with E-state index in [2.05, 4.69) is 5.32 Å². The molecule has 6 heteroatoms. The van der Waals surface area contributed by atoms with Gasteiger partial charge in [0.05, 0.1) is 11.4 Å². The summed E-state index contributed by atoms with van der Waals surface area (Å²) in [6, 6.07) is 9.30. The van der Waals surface area contributed by atoms with Gasteiger partial charge in [0.1, 0.15) is 0 Å². The van der Waals surface area contributed by atoms with Crippen molar-refractivity contribution in [3.63, 3.8) is 0 Å². The summed E-state index contributed by atoms with van der Waals surface area (Å²) in [5.41, 5.74) is 5.32. The molecule has 1 amide bonds. The standard InChI is InChI=1S/C21H28N2O3S/c1-7-23(27(25,26)19-12-14(2)8-9-16(19)4)13-20(24)22-21-17(5)10-15(3)11-18(21)6/h8-12H,7,13H2,1-6H3,(H,22,24). The number of rotatable bonds is 6. The minimum absolute atomic E-state index is 0.217. The van der Waals surface area contributed by atoms with Crippen molar-refractivity contribution >= 4 is 21.6 Å². The van der Waals surface area contributed by atoms with E-state index in [4.69, 9.17) is 0 Å². The van der Waals surface area contributed by atoms with Crippen molar-refractivity contribution in [2.45, 2.75) is 46.4 Å². The van der Waals surface area contributed by atoms with Crippen molar-refractivity contribution < 1.29 is 13.2 Å². The van der Waals surface area contributed by atoms with Crippen molar-refractivity contribution in [1.29, 1.82) is 0 Å². The maximum Gasteiger partial charge on any atom is 0.243 e. The van der Waals surface area contributed by atoms with Gasteiger partial charge in [-0.15, -0.1) is 0 Å². The second-order valence-corrected chi connectivity index (χ2v) is 8.93. The lowest BCUT2D eigenvalue weighted by molar-refractivity contribution is -0.116. The first-order valence-corrected chi connectivity index (χ1v) is 10.5. The second-order valence-electron chi connectivity index (χ2n) is 7.02. The first-order chi connectivity index (χ1) is 12.6. The Morgan fingerprint density at radius 3 is 2.07 bits per heavy atom. The van der Waals surface area contributed by atoms with Crippen LogP contribution >= 0.6 is 0 Å². The van der Waals surface area contributed by atoms with Crippen molar-refractivity contribution in [3.05, 3.63) is 58.1 Å². The Balaban J connectivity index is 2.26. The molecule has 27 heavy (non-hydrogen) atoms. The zero-order chi connectivity index (χ0) is 20.4. The van der Waals surface area contributed by atoms with Crippen LogP contribution in [-0.2, 0) is 14.8 Å². The number of nitrogens with zero attached hydrogens (tertiary/aromatic N) is 1. The van der Waals surface area contributed by atoms with Gasteiger partial charge in [-0.2, -0.15) is 4.31 Å². The number of sulfonamides is 1. The van der Waals surface area contributed by atoms with Crippen molar-refractivity contribution in [1.82, 2.24) is 4.31 Å². The van der Waals surface area contributed by atoms with E-state index >= 15 is 0 Å². The van der Waals surface area contributed by atoms with Crippen LogP contribution in [0.1, 0.15) is 34.7 Å². The number of amides is 1. The highest BCUT2D eigenvalue weighted by Crippen LogP contribution is 2.23. The Labute approximate surface area is 162 Å². The first kappa shape index (κ1) is 21.1. The summed E-state index contributed by atoms with van der Waals surface area (Å²) in [5, 5.41) is 2.88. The van der Waals surface area contributed by atoms with E-state index in [9.17, 15) is 13.2 Å². The van der Waals surface area contributed by atoms with Gasteiger partial charge in [-0.3, -0.25) is 4.79 Å². The van der Waals surface area contributed by atoms with Gasteiger partial charge in [-0.25, -0.2) is 8.42 Å². The summed E-state index contributed by atoms with van der Waals surface area (Å²) < 4.78 is 27.3. The van der Waals surface area contributed by atoms with Crippen molar-refractivity contribution in [3.8, 4) is 0 Å². The minimum Gasteiger partial charge on any atom is -0.324 e. The average Bonchev–Trinajstić information content (AvgIpc) is 2.57. The van der Waals surface area contributed by atoms with Gasteiger partial charge in [0.15, 0.2) is 0 Å². The molecule has 0 aliphatic heterocycles. The van der Waals surface area contributed by atoms with E-state index in [-0.39, 0.29) is 23.9 Å². The third-order valence-electron chi connectivity index (χ3n) is 4.58. The molecular weight excluding hydrogens is 360 g/mol. The number of carbonyl (C=O) groups is 1. The van der Waals surface area contributed by atoms with Crippen LogP contribution in [-0.4, -0.2) is 31.7 Å². The maximum atomic E-state index is 13.0. The Morgan fingerprint density at radius 2 is 1.52 bits per heavy atom. The Kier molecular flexibility index (Phi) is 6.44.